The van der Waals surface area contributed by atoms with Crippen molar-refractivity contribution in [1.82, 2.24) is 5.32 Å². The fourth-order valence-electron chi connectivity index (χ4n) is 2.88. The third-order valence-electron chi connectivity index (χ3n) is 4.46. The standard InChI is InChI=1S/C20H33N3O3S/c1-3-4-5-6-7-8-9-10-11-12-15-21-20(27)22-18-14-13-17(23(24)25)16-19(18)26-2/h13-14,16H,3-12,15H2,1-2H3,(H2,21,22,27). The van der Waals surface area contributed by atoms with Gasteiger partial charge in [-0.1, -0.05) is 64.7 Å². The molecule has 0 aromatic heterocycles. The maximum atomic E-state index is 10.8. The number of nitrogens with zero attached hydrogens (tertiary/aromatic N) is 1. The molecule has 0 saturated carbocycles. The van der Waals surface area contributed by atoms with Crippen molar-refractivity contribution in [2.75, 3.05) is 19.0 Å². The molecule has 1 aromatic rings. The van der Waals surface area contributed by atoms with Gasteiger partial charge in [0.25, 0.3) is 5.69 Å². The van der Waals surface area contributed by atoms with Crippen LogP contribution in [0.2, 0.25) is 0 Å². The number of thiocarbonyl (C=S) groups is 1. The normalized spacial score (nSPS) is 10.4. The Morgan fingerprint density at radius 2 is 1.67 bits per heavy atom. The lowest BCUT2D eigenvalue weighted by molar-refractivity contribution is -0.384. The van der Waals surface area contributed by atoms with Crippen LogP contribution in [0.3, 0.4) is 0 Å². The quantitative estimate of drug-likeness (QED) is 0.179. The fraction of sp³-hybridized carbons (Fsp3) is 0.650. The van der Waals surface area contributed by atoms with E-state index in [2.05, 4.69) is 17.6 Å². The lowest BCUT2D eigenvalue weighted by atomic mass is 10.1. The number of unbranched alkanes of at least 4 members (excludes halogenated alkanes) is 9. The molecule has 0 amide bonds. The van der Waals surface area contributed by atoms with E-state index in [-0.39, 0.29) is 5.69 Å². The van der Waals surface area contributed by atoms with Gasteiger partial charge in [-0.05, 0) is 24.7 Å². The van der Waals surface area contributed by atoms with Gasteiger partial charge in [0.1, 0.15) is 5.75 Å². The topological polar surface area (TPSA) is 76.4 Å². The zero-order chi connectivity index (χ0) is 19.9. The lowest BCUT2D eigenvalue weighted by Crippen LogP contribution is -2.29. The Morgan fingerprint density at radius 1 is 1.07 bits per heavy atom. The SMILES string of the molecule is CCCCCCCCCCCCNC(=S)Nc1ccc([N+](=O)[O-])cc1OC. The van der Waals surface area contributed by atoms with Crippen LogP contribution in [-0.2, 0) is 0 Å². The smallest absolute Gasteiger partial charge is 0.273 e. The molecule has 0 aliphatic heterocycles. The van der Waals surface area contributed by atoms with Gasteiger partial charge in [-0.3, -0.25) is 10.1 Å². The van der Waals surface area contributed by atoms with E-state index >= 15 is 0 Å². The van der Waals surface area contributed by atoms with Crippen molar-refractivity contribution in [2.45, 2.75) is 71.1 Å². The second kappa shape index (κ2) is 14.2. The van der Waals surface area contributed by atoms with Gasteiger partial charge in [0, 0.05) is 12.6 Å². The summed E-state index contributed by atoms with van der Waals surface area (Å²) in [4.78, 5) is 10.4. The van der Waals surface area contributed by atoms with E-state index in [9.17, 15) is 10.1 Å². The van der Waals surface area contributed by atoms with Crippen LogP contribution >= 0.6 is 12.2 Å². The maximum Gasteiger partial charge on any atom is 0.273 e. The Hall–Kier alpha value is -1.89. The molecule has 152 valence electrons. The number of nitro groups is 1. The summed E-state index contributed by atoms with van der Waals surface area (Å²) < 4.78 is 5.19. The highest BCUT2D eigenvalue weighted by atomic mass is 32.1. The van der Waals surface area contributed by atoms with Gasteiger partial charge in [-0.2, -0.15) is 0 Å². The molecule has 0 atom stereocenters. The first-order chi connectivity index (χ1) is 13.1. The van der Waals surface area contributed by atoms with Crippen LogP contribution < -0.4 is 15.4 Å². The van der Waals surface area contributed by atoms with Crippen molar-refractivity contribution in [2.24, 2.45) is 0 Å². The van der Waals surface area contributed by atoms with E-state index in [0.29, 0.717) is 16.5 Å². The summed E-state index contributed by atoms with van der Waals surface area (Å²) in [6, 6.07) is 4.41. The maximum absolute atomic E-state index is 10.8. The van der Waals surface area contributed by atoms with Crippen molar-refractivity contribution < 1.29 is 9.66 Å². The van der Waals surface area contributed by atoms with Gasteiger partial charge in [0.05, 0.1) is 23.8 Å². The highest BCUT2D eigenvalue weighted by molar-refractivity contribution is 7.80. The largest absolute Gasteiger partial charge is 0.494 e. The van der Waals surface area contributed by atoms with Crippen LogP contribution in [0.4, 0.5) is 11.4 Å². The monoisotopic (exact) mass is 395 g/mol. The van der Waals surface area contributed by atoms with Crippen LogP contribution in [0.15, 0.2) is 18.2 Å². The van der Waals surface area contributed by atoms with Gasteiger partial charge in [-0.25, -0.2) is 0 Å². The summed E-state index contributed by atoms with van der Waals surface area (Å²) in [6.45, 7) is 3.06. The zero-order valence-electron chi connectivity index (χ0n) is 16.6. The number of non-ortho nitro benzene ring substituents is 1. The number of nitrogens with one attached hydrogen (secondary N) is 2. The molecule has 7 heteroatoms. The number of nitro benzene ring substituents is 1. The molecule has 27 heavy (non-hydrogen) atoms. The zero-order valence-corrected chi connectivity index (χ0v) is 17.4. The van der Waals surface area contributed by atoms with E-state index < -0.39 is 4.92 Å². The Bertz CT molecular complexity index is 582. The van der Waals surface area contributed by atoms with Gasteiger partial charge in [0.2, 0.25) is 0 Å². The second-order valence-electron chi connectivity index (χ2n) is 6.70. The van der Waals surface area contributed by atoms with Crippen LogP contribution in [0.1, 0.15) is 71.1 Å². The first kappa shape index (κ1) is 23.1. The average molecular weight is 396 g/mol. The van der Waals surface area contributed by atoms with Gasteiger partial charge in [0.15, 0.2) is 5.11 Å². The number of benzene rings is 1. The Morgan fingerprint density at radius 3 is 2.22 bits per heavy atom. The molecule has 0 unspecified atom stereocenters. The molecule has 0 saturated heterocycles. The summed E-state index contributed by atoms with van der Waals surface area (Å²) in [7, 11) is 1.48. The van der Waals surface area contributed by atoms with Crippen molar-refractivity contribution in [3.05, 3.63) is 28.3 Å². The van der Waals surface area contributed by atoms with Crippen LogP contribution in [0.25, 0.3) is 0 Å². The van der Waals surface area contributed by atoms with Crippen molar-refractivity contribution in [3.63, 3.8) is 0 Å². The van der Waals surface area contributed by atoms with Crippen LogP contribution in [0, 0.1) is 10.1 Å². The van der Waals surface area contributed by atoms with E-state index in [1.54, 1.807) is 6.07 Å². The molecule has 1 aromatic carbocycles. The Labute approximate surface area is 168 Å². The third kappa shape index (κ3) is 10.1. The predicted molar refractivity (Wildman–Crippen MR) is 116 cm³/mol. The highest BCUT2D eigenvalue weighted by Crippen LogP contribution is 2.28. The summed E-state index contributed by atoms with van der Waals surface area (Å²) >= 11 is 5.29. The molecular weight excluding hydrogens is 362 g/mol. The third-order valence-corrected chi connectivity index (χ3v) is 4.71. The molecule has 1 rings (SSSR count). The van der Waals surface area contributed by atoms with Gasteiger partial charge < -0.3 is 15.4 Å². The fourth-order valence-corrected chi connectivity index (χ4v) is 3.09. The first-order valence-corrected chi connectivity index (χ1v) is 10.4. The number of rotatable bonds is 14. The molecule has 0 bridgehead atoms. The van der Waals surface area contributed by atoms with Crippen LogP contribution in [0.5, 0.6) is 5.75 Å². The number of hydrogen-bond donors (Lipinski definition) is 2. The minimum absolute atomic E-state index is 0.0124. The van der Waals surface area contributed by atoms with E-state index in [0.717, 1.165) is 13.0 Å². The van der Waals surface area contributed by atoms with E-state index in [1.807, 2.05) is 0 Å². The van der Waals surface area contributed by atoms with Crippen molar-refractivity contribution in [3.8, 4) is 5.75 Å². The summed E-state index contributed by atoms with van der Waals surface area (Å²) in [5, 5.41) is 17.5. The Balaban J connectivity index is 2.15. The second-order valence-corrected chi connectivity index (χ2v) is 7.11. The molecule has 2 N–H and O–H groups in total. The number of methoxy groups -OCH3 is 1. The molecule has 0 fully saturated rings. The van der Waals surface area contributed by atoms with E-state index in [4.69, 9.17) is 17.0 Å². The molecule has 0 spiro atoms. The summed E-state index contributed by atoms with van der Waals surface area (Å²) in [6.07, 6.45) is 13.0. The van der Waals surface area contributed by atoms with Crippen molar-refractivity contribution in [1.29, 1.82) is 0 Å². The molecule has 0 aliphatic carbocycles. The number of anilines is 1. The Kier molecular flexibility index (Phi) is 12.2. The van der Waals surface area contributed by atoms with Gasteiger partial charge >= 0.3 is 0 Å². The summed E-state index contributed by atoms with van der Waals surface area (Å²) in [5.41, 5.74) is 0.602. The number of ether oxygens (including phenoxy) is 1. The molecule has 0 radical (unpaired) electrons. The summed E-state index contributed by atoms with van der Waals surface area (Å²) in [5.74, 6) is 0.396. The minimum atomic E-state index is -0.450. The van der Waals surface area contributed by atoms with Gasteiger partial charge in [-0.15, -0.1) is 0 Å². The van der Waals surface area contributed by atoms with Crippen molar-refractivity contribution >= 4 is 28.7 Å². The lowest BCUT2D eigenvalue weighted by Gasteiger charge is -2.13. The minimum Gasteiger partial charge on any atom is -0.494 e. The highest BCUT2D eigenvalue weighted by Gasteiger charge is 2.12. The predicted octanol–water partition coefficient (Wildman–Crippen LogP) is 5.81. The van der Waals surface area contributed by atoms with E-state index in [1.165, 1.54) is 77.0 Å². The molecular formula is C20H33N3O3S. The number of hydrogen-bond acceptors (Lipinski definition) is 4. The molecule has 6 nitrogen and oxygen atoms in total. The molecule has 0 heterocycles. The molecule has 0 aliphatic rings. The average Bonchev–Trinajstić information content (AvgIpc) is 2.66. The first-order valence-electron chi connectivity index (χ1n) is 9.95. The van der Waals surface area contributed by atoms with Crippen LogP contribution in [-0.4, -0.2) is 23.7 Å².